The second-order valence-electron chi connectivity index (χ2n) is 7.13. The van der Waals surface area contributed by atoms with Crippen molar-refractivity contribution in [2.24, 2.45) is 16.0 Å². The highest BCUT2D eigenvalue weighted by molar-refractivity contribution is 6.06. The molecule has 4 aromatic rings. The zero-order valence-electron chi connectivity index (χ0n) is 17.4. The molecule has 0 aliphatic heterocycles. The zero-order valence-corrected chi connectivity index (χ0v) is 17.4. The van der Waals surface area contributed by atoms with Crippen LogP contribution in [-0.2, 0) is 6.54 Å². The summed E-state index contributed by atoms with van der Waals surface area (Å²) in [5.41, 5.74) is 8.07. The molecule has 4 N–H and O–H groups in total. The quantitative estimate of drug-likeness (QED) is 0.330. The molecule has 0 aromatic heterocycles. The normalized spacial score (nSPS) is 11.0. The first-order chi connectivity index (χ1) is 15.6. The molecule has 0 saturated carbocycles. The molecule has 0 aliphatic carbocycles. The number of nitrogens with two attached hydrogens (primary N) is 1. The van der Waals surface area contributed by atoms with Crippen molar-refractivity contribution in [3.63, 3.8) is 0 Å². The van der Waals surface area contributed by atoms with Crippen molar-refractivity contribution in [1.29, 1.82) is 0 Å². The summed E-state index contributed by atoms with van der Waals surface area (Å²) in [5.74, 6) is -0.510. The standard InChI is InChI=1S/C25H22N4O3/c1-32-22-12-11-16(15-27-18-8-3-2-4-9-18)13-21(22)28-29-23-19-10-6-5-7-17(19)14-20(24(23)30)25(26)31/h2-14,27,30H,15H2,1H3,(H2,26,31)/b29-28+. The number of hydrogen-bond acceptors (Lipinski definition) is 6. The number of azo groups is 1. The average Bonchev–Trinajstić information content (AvgIpc) is 2.82. The second-order valence-corrected chi connectivity index (χ2v) is 7.13. The van der Waals surface area contributed by atoms with Gasteiger partial charge in [-0.2, -0.15) is 0 Å². The van der Waals surface area contributed by atoms with Crippen molar-refractivity contribution < 1.29 is 14.6 Å². The molecule has 7 nitrogen and oxygen atoms in total. The van der Waals surface area contributed by atoms with E-state index in [0.717, 1.165) is 16.6 Å². The molecule has 4 rings (SSSR count). The van der Waals surface area contributed by atoms with E-state index < -0.39 is 5.91 Å². The van der Waals surface area contributed by atoms with Crippen LogP contribution in [0.4, 0.5) is 17.1 Å². The molecule has 0 unspecified atom stereocenters. The number of anilines is 1. The number of carbonyl (C=O) groups excluding carboxylic acids is 1. The summed E-state index contributed by atoms with van der Waals surface area (Å²) in [6.45, 7) is 0.585. The van der Waals surface area contributed by atoms with Crippen LogP contribution < -0.4 is 15.8 Å². The van der Waals surface area contributed by atoms with Gasteiger partial charge in [0.2, 0.25) is 0 Å². The summed E-state index contributed by atoms with van der Waals surface area (Å²) in [5, 5.41) is 24.0. The van der Waals surface area contributed by atoms with Crippen LogP contribution in [0, 0.1) is 0 Å². The summed E-state index contributed by atoms with van der Waals surface area (Å²) in [6.07, 6.45) is 0. The summed E-state index contributed by atoms with van der Waals surface area (Å²) >= 11 is 0. The number of hydrogen-bond donors (Lipinski definition) is 3. The number of nitrogens with one attached hydrogen (secondary N) is 1. The number of phenols is 1. The number of para-hydroxylation sites is 1. The maximum Gasteiger partial charge on any atom is 0.252 e. The lowest BCUT2D eigenvalue weighted by molar-refractivity contribution is 0.0998. The minimum Gasteiger partial charge on any atom is -0.505 e. The Morgan fingerprint density at radius 1 is 1.00 bits per heavy atom. The Morgan fingerprint density at radius 3 is 2.50 bits per heavy atom. The summed E-state index contributed by atoms with van der Waals surface area (Å²) in [4.78, 5) is 11.8. The van der Waals surface area contributed by atoms with Crippen molar-refractivity contribution >= 4 is 33.7 Å². The monoisotopic (exact) mass is 426 g/mol. The molecule has 0 saturated heterocycles. The Hall–Kier alpha value is -4.39. The van der Waals surface area contributed by atoms with Crippen molar-refractivity contribution in [2.45, 2.75) is 6.54 Å². The molecule has 0 fully saturated rings. The van der Waals surface area contributed by atoms with Crippen molar-refractivity contribution in [1.82, 2.24) is 0 Å². The number of methoxy groups -OCH3 is 1. The first-order valence-corrected chi connectivity index (χ1v) is 9.99. The predicted molar refractivity (Wildman–Crippen MR) is 125 cm³/mol. The molecular formula is C25H22N4O3. The molecule has 32 heavy (non-hydrogen) atoms. The Labute approximate surface area is 185 Å². The minimum atomic E-state index is -0.740. The summed E-state index contributed by atoms with van der Waals surface area (Å²) in [6, 6.07) is 24.3. The van der Waals surface area contributed by atoms with E-state index >= 15 is 0 Å². The number of fused-ring (bicyclic) bond motifs is 1. The van der Waals surface area contributed by atoms with Gasteiger partial charge in [0.25, 0.3) is 5.91 Å². The lowest BCUT2D eigenvalue weighted by Gasteiger charge is -2.10. The van der Waals surface area contributed by atoms with E-state index in [1.54, 1.807) is 19.2 Å². The van der Waals surface area contributed by atoms with Gasteiger partial charge in [0.15, 0.2) is 5.75 Å². The zero-order chi connectivity index (χ0) is 22.5. The van der Waals surface area contributed by atoms with Gasteiger partial charge in [0, 0.05) is 17.6 Å². The van der Waals surface area contributed by atoms with Crippen molar-refractivity contribution in [3.05, 3.63) is 90.0 Å². The highest BCUT2D eigenvalue weighted by Gasteiger charge is 2.16. The smallest absolute Gasteiger partial charge is 0.252 e. The van der Waals surface area contributed by atoms with Gasteiger partial charge in [0.05, 0.1) is 12.7 Å². The Balaban J connectivity index is 1.70. The van der Waals surface area contributed by atoms with Crippen LogP contribution in [0.3, 0.4) is 0 Å². The van der Waals surface area contributed by atoms with E-state index in [0.29, 0.717) is 23.4 Å². The van der Waals surface area contributed by atoms with Crippen LogP contribution in [-0.4, -0.2) is 18.1 Å². The predicted octanol–water partition coefficient (Wildman–Crippen LogP) is 5.68. The molecule has 1 amide bonds. The summed E-state index contributed by atoms with van der Waals surface area (Å²) in [7, 11) is 1.55. The van der Waals surface area contributed by atoms with Gasteiger partial charge >= 0.3 is 0 Å². The molecule has 7 heteroatoms. The number of rotatable bonds is 7. The SMILES string of the molecule is COc1ccc(CNc2ccccc2)cc1/N=N/c1c(O)c(C(N)=O)cc2ccccc12. The maximum atomic E-state index is 11.8. The van der Waals surface area contributed by atoms with Gasteiger partial charge in [-0.05, 0) is 41.3 Å². The number of primary amides is 1. The number of benzene rings is 4. The summed E-state index contributed by atoms with van der Waals surface area (Å²) < 4.78 is 5.42. The fraction of sp³-hybridized carbons (Fsp3) is 0.0800. The lowest BCUT2D eigenvalue weighted by Crippen LogP contribution is -2.11. The van der Waals surface area contributed by atoms with Crippen molar-refractivity contribution in [3.8, 4) is 11.5 Å². The van der Waals surface area contributed by atoms with Gasteiger partial charge < -0.3 is 20.9 Å². The molecule has 0 aliphatic rings. The molecule has 0 spiro atoms. The molecular weight excluding hydrogens is 404 g/mol. The lowest BCUT2D eigenvalue weighted by atomic mass is 10.0. The average molecular weight is 426 g/mol. The first kappa shape index (κ1) is 20.9. The van der Waals surface area contributed by atoms with E-state index in [2.05, 4.69) is 15.5 Å². The minimum absolute atomic E-state index is 0.00886. The van der Waals surface area contributed by atoms with E-state index in [-0.39, 0.29) is 17.0 Å². The van der Waals surface area contributed by atoms with Gasteiger partial charge in [-0.25, -0.2) is 0 Å². The number of carbonyl (C=O) groups is 1. The largest absolute Gasteiger partial charge is 0.505 e. The third kappa shape index (κ3) is 4.37. The molecule has 4 aromatic carbocycles. The van der Waals surface area contributed by atoms with Crippen LogP contribution in [0.15, 0.2) is 89.1 Å². The number of ether oxygens (including phenoxy) is 1. The van der Waals surface area contributed by atoms with Gasteiger partial charge in [0.1, 0.15) is 17.1 Å². The van der Waals surface area contributed by atoms with Crippen LogP contribution in [0.1, 0.15) is 15.9 Å². The number of amides is 1. The fourth-order valence-electron chi connectivity index (χ4n) is 3.39. The molecule has 0 radical (unpaired) electrons. The van der Waals surface area contributed by atoms with Crippen molar-refractivity contribution in [2.75, 3.05) is 12.4 Å². The first-order valence-electron chi connectivity index (χ1n) is 9.99. The molecule has 0 atom stereocenters. The van der Waals surface area contributed by atoms with Crippen LogP contribution in [0.2, 0.25) is 0 Å². The van der Waals surface area contributed by atoms with Gasteiger partial charge in [-0.1, -0.05) is 48.5 Å². The molecule has 160 valence electrons. The van der Waals surface area contributed by atoms with Gasteiger partial charge in [-0.15, -0.1) is 10.2 Å². The van der Waals surface area contributed by atoms with Crippen LogP contribution >= 0.6 is 0 Å². The Morgan fingerprint density at radius 2 is 1.75 bits per heavy atom. The number of aromatic hydroxyl groups is 1. The van der Waals surface area contributed by atoms with Crippen LogP contribution in [0.5, 0.6) is 11.5 Å². The Kier molecular flexibility index (Phi) is 5.98. The van der Waals surface area contributed by atoms with E-state index in [1.165, 1.54) is 0 Å². The van der Waals surface area contributed by atoms with E-state index in [1.807, 2.05) is 66.7 Å². The van der Waals surface area contributed by atoms with Gasteiger partial charge in [-0.3, -0.25) is 4.79 Å². The maximum absolute atomic E-state index is 11.8. The number of nitrogens with zero attached hydrogens (tertiary/aromatic N) is 2. The third-order valence-corrected chi connectivity index (χ3v) is 5.03. The van der Waals surface area contributed by atoms with E-state index in [9.17, 15) is 9.90 Å². The third-order valence-electron chi connectivity index (χ3n) is 5.03. The van der Waals surface area contributed by atoms with Crippen LogP contribution in [0.25, 0.3) is 10.8 Å². The highest BCUT2D eigenvalue weighted by atomic mass is 16.5. The molecule has 0 bridgehead atoms. The highest BCUT2D eigenvalue weighted by Crippen LogP contribution is 2.40. The topological polar surface area (TPSA) is 109 Å². The fourth-order valence-corrected chi connectivity index (χ4v) is 3.39. The molecule has 0 heterocycles. The second kappa shape index (κ2) is 9.18. The van der Waals surface area contributed by atoms with E-state index in [4.69, 9.17) is 10.5 Å². The Bertz CT molecular complexity index is 1300.